The molecule has 7 nitrogen and oxygen atoms in total. The van der Waals surface area contributed by atoms with Crippen LogP contribution < -0.4 is 15.4 Å². The number of nitrogens with zero attached hydrogens (tertiary/aromatic N) is 4. The minimum atomic E-state index is -4.68. The van der Waals surface area contributed by atoms with Crippen molar-refractivity contribution in [3.63, 3.8) is 0 Å². The van der Waals surface area contributed by atoms with Crippen LogP contribution in [0.15, 0.2) is 17.2 Å². The van der Waals surface area contributed by atoms with Crippen LogP contribution in [0.2, 0.25) is 10.0 Å². The van der Waals surface area contributed by atoms with Gasteiger partial charge >= 0.3 is 6.18 Å². The number of carbonyl (C=O) groups excluding carboxylic acids is 1. The maximum Gasteiger partial charge on any atom is 0.432 e. The predicted molar refractivity (Wildman–Crippen MR) is 114 cm³/mol. The second kappa shape index (κ2) is 9.48. The number of hydrazone groups is 1. The third-order valence-corrected chi connectivity index (χ3v) is 6.34. The van der Waals surface area contributed by atoms with E-state index in [0.29, 0.717) is 42.0 Å². The van der Waals surface area contributed by atoms with E-state index in [2.05, 4.69) is 5.10 Å². The van der Waals surface area contributed by atoms with Gasteiger partial charge in [-0.1, -0.05) is 23.2 Å². The largest absolute Gasteiger partial charge is 0.495 e. The van der Waals surface area contributed by atoms with Crippen molar-refractivity contribution in [2.75, 3.05) is 51.3 Å². The van der Waals surface area contributed by atoms with E-state index >= 15 is 0 Å². The maximum absolute atomic E-state index is 13.1. The van der Waals surface area contributed by atoms with Crippen molar-refractivity contribution in [3.05, 3.63) is 22.2 Å². The van der Waals surface area contributed by atoms with Crippen LogP contribution in [0.4, 0.5) is 18.9 Å². The summed E-state index contributed by atoms with van der Waals surface area (Å²) in [5, 5.41) is 4.00. The van der Waals surface area contributed by atoms with Gasteiger partial charge in [-0.05, 0) is 6.07 Å². The molecule has 172 valence electrons. The first-order valence-corrected chi connectivity index (χ1v) is 10.6. The van der Waals surface area contributed by atoms with Gasteiger partial charge < -0.3 is 20.3 Å². The van der Waals surface area contributed by atoms with E-state index in [-0.39, 0.29) is 19.0 Å². The summed E-state index contributed by atoms with van der Waals surface area (Å²) in [6.07, 6.45) is -4.68. The van der Waals surface area contributed by atoms with E-state index in [1.54, 1.807) is 17.0 Å². The third kappa shape index (κ3) is 5.08. The molecule has 2 atom stereocenters. The molecule has 0 aromatic heterocycles. The average molecular weight is 503 g/mol. The maximum atomic E-state index is 13.1. The molecule has 2 heterocycles. The van der Waals surface area contributed by atoms with Gasteiger partial charge in [0, 0.05) is 38.8 Å². The molecule has 2 unspecified atom stereocenters. The Labute approximate surface area is 192 Å². The molecule has 1 aromatic carbocycles. The van der Waals surface area contributed by atoms with E-state index < -0.39 is 23.3 Å². The van der Waals surface area contributed by atoms with Gasteiger partial charge in [-0.25, -0.2) is 0 Å². The van der Waals surface area contributed by atoms with Crippen molar-refractivity contribution in [2.24, 2.45) is 10.8 Å². The van der Waals surface area contributed by atoms with Crippen LogP contribution in [-0.4, -0.2) is 85.5 Å². The first kappa shape index (κ1) is 24.0. The molecule has 1 fully saturated rings. The minimum Gasteiger partial charge on any atom is -0.495 e. The summed E-state index contributed by atoms with van der Waals surface area (Å²) in [4.78, 5) is 16.3. The smallest absolute Gasteiger partial charge is 0.432 e. The SMILES string of the molecule is COc1cc(N2CCN(C(=O)CN3N=C(C(F)(F)F)C(Cl)C3CN)CC2)c(Cl)cc1Cl. The lowest BCUT2D eigenvalue weighted by atomic mass is 10.1. The zero-order valence-electron chi connectivity index (χ0n) is 16.5. The number of hydrogen-bond acceptors (Lipinski definition) is 6. The summed E-state index contributed by atoms with van der Waals surface area (Å²) in [7, 11) is 1.50. The highest BCUT2D eigenvalue weighted by atomic mass is 35.5. The minimum absolute atomic E-state index is 0.158. The van der Waals surface area contributed by atoms with Crippen molar-refractivity contribution in [2.45, 2.75) is 17.6 Å². The van der Waals surface area contributed by atoms with E-state index in [1.165, 1.54) is 7.11 Å². The number of rotatable bonds is 5. The lowest BCUT2D eigenvalue weighted by Gasteiger charge is -2.37. The van der Waals surface area contributed by atoms with E-state index in [9.17, 15) is 18.0 Å². The second-order valence-corrected chi connectivity index (χ2v) is 8.38. The summed E-state index contributed by atoms with van der Waals surface area (Å²) >= 11 is 18.3. The molecule has 13 heteroatoms. The molecule has 0 aliphatic carbocycles. The number of amides is 1. The molecule has 0 bridgehead atoms. The molecule has 2 N–H and O–H groups in total. The van der Waals surface area contributed by atoms with Gasteiger partial charge in [-0.15, -0.1) is 11.6 Å². The molecular weight excluding hydrogens is 482 g/mol. The molecule has 1 aromatic rings. The van der Waals surface area contributed by atoms with Crippen LogP contribution in [0.3, 0.4) is 0 Å². The first-order chi connectivity index (χ1) is 14.6. The standard InChI is InChI=1S/C18H21Cl3F3N5O2/c1-31-14-7-12(10(19)6-11(14)20)27-2-4-28(5-3-27)15(30)9-29-13(8-25)16(21)17(26-29)18(22,23)24/h6-7,13,16H,2-5,8-9,25H2,1H3. The Morgan fingerprint density at radius 2 is 1.87 bits per heavy atom. The Balaban J connectivity index is 1.64. The number of benzene rings is 1. The number of halogens is 6. The highest BCUT2D eigenvalue weighted by molar-refractivity contribution is 6.37. The van der Waals surface area contributed by atoms with E-state index in [1.807, 2.05) is 4.90 Å². The average Bonchev–Trinajstić information content (AvgIpc) is 3.03. The van der Waals surface area contributed by atoms with E-state index in [4.69, 9.17) is 45.3 Å². The molecule has 1 amide bonds. The fourth-order valence-corrected chi connectivity index (χ4v) is 4.54. The highest BCUT2D eigenvalue weighted by Gasteiger charge is 2.49. The van der Waals surface area contributed by atoms with Gasteiger partial charge in [0.1, 0.15) is 17.7 Å². The number of nitrogens with two attached hydrogens (primary N) is 1. The number of ether oxygens (including phenoxy) is 1. The fourth-order valence-electron chi connectivity index (χ4n) is 3.56. The summed E-state index contributed by atoms with van der Waals surface area (Å²) in [5.41, 5.74) is 5.17. The normalized spacial score (nSPS) is 22.1. The lowest BCUT2D eigenvalue weighted by molar-refractivity contribution is -0.133. The van der Waals surface area contributed by atoms with Crippen LogP contribution in [-0.2, 0) is 4.79 Å². The van der Waals surface area contributed by atoms with Gasteiger partial charge in [-0.2, -0.15) is 18.3 Å². The Bertz CT molecular complexity index is 863. The molecule has 0 saturated carbocycles. The molecule has 1 saturated heterocycles. The molecular formula is C18H21Cl3F3N5O2. The number of piperazine rings is 1. The topological polar surface area (TPSA) is 74.4 Å². The number of carbonyl (C=O) groups is 1. The van der Waals surface area contributed by atoms with Gasteiger partial charge in [0.15, 0.2) is 5.71 Å². The lowest BCUT2D eigenvalue weighted by Crippen LogP contribution is -2.52. The number of methoxy groups -OCH3 is 1. The van der Waals surface area contributed by atoms with Crippen molar-refractivity contribution < 1.29 is 22.7 Å². The van der Waals surface area contributed by atoms with Crippen LogP contribution in [0.5, 0.6) is 5.75 Å². The zero-order chi connectivity index (χ0) is 22.9. The molecule has 31 heavy (non-hydrogen) atoms. The molecule has 0 radical (unpaired) electrons. The summed E-state index contributed by atoms with van der Waals surface area (Å²) in [5.74, 6) is 0.129. The predicted octanol–water partition coefficient (Wildman–Crippen LogP) is 2.82. The first-order valence-electron chi connectivity index (χ1n) is 9.39. The van der Waals surface area contributed by atoms with Gasteiger partial charge in [-0.3, -0.25) is 9.80 Å². The summed E-state index contributed by atoms with van der Waals surface area (Å²) in [6, 6.07) is 2.42. The highest BCUT2D eigenvalue weighted by Crippen LogP contribution is 2.36. The quantitative estimate of drug-likeness (QED) is 0.627. The third-order valence-electron chi connectivity index (χ3n) is 5.24. The van der Waals surface area contributed by atoms with Crippen molar-refractivity contribution in [1.29, 1.82) is 0 Å². The zero-order valence-corrected chi connectivity index (χ0v) is 18.8. The molecule has 2 aliphatic rings. The molecule has 0 spiro atoms. The Hall–Kier alpha value is -1.62. The van der Waals surface area contributed by atoms with Crippen LogP contribution >= 0.6 is 34.8 Å². The van der Waals surface area contributed by atoms with Crippen LogP contribution in [0.1, 0.15) is 0 Å². The van der Waals surface area contributed by atoms with Gasteiger partial charge in [0.05, 0.1) is 28.9 Å². The summed E-state index contributed by atoms with van der Waals surface area (Å²) < 4.78 is 44.5. The summed E-state index contributed by atoms with van der Waals surface area (Å²) in [6.45, 7) is 1.19. The van der Waals surface area contributed by atoms with Crippen molar-refractivity contribution >= 4 is 52.1 Å². The Kier molecular flexibility index (Phi) is 7.35. The number of anilines is 1. The van der Waals surface area contributed by atoms with Gasteiger partial charge in [0.2, 0.25) is 5.91 Å². The Morgan fingerprint density at radius 1 is 1.23 bits per heavy atom. The van der Waals surface area contributed by atoms with Crippen molar-refractivity contribution in [3.8, 4) is 5.75 Å². The molecule has 3 rings (SSSR count). The van der Waals surface area contributed by atoms with Crippen molar-refractivity contribution in [1.82, 2.24) is 9.91 Å². The molecule has 2 aliphatic heterocycles. The number of alkyl halides is 4. The van der Waals surface area contributed by atoms with Crippen LogP contribution in [0, 0.1) is 0 Å². The van der Waals surface area contributed by atoms with Gasteiger partial charge in [0.25, 0.3) is 0 Å². The van der Waals surface area contributed by atoms with Crippen LogP contribution in [0.25, 0.3) is 0 Å². The van der Waals surface area contributed by atoms with E-state index in [0.717, 1.165) is 10.7 Å². The number of hydrogen-bond donors (Lipinski definition) is 1. The second-order valence-electron chi connectivity index (χ2n) is 7.09. The Morgan fingerprint density at radius 3 is 2.42 bits per heavy atom. The monoisotopic (exact) mass is 501 g/mol. The fraction of sp³-hybridized carbons (Fsp3) is 0.556.